The molecule has 0 radical (unpaired) electrons. The standard InChI is InChI=1S/C15H31N3O.2ClH/c1-3-18-12-9-14(10-13-18)17(2)15(19)8-6-4-5-7-11-16;;/h14H,3-13,16H2,1-2H3;2*1H. The molecule has 1 aliphatic rings. The number of amides is 1. The van der Waals surface area contributed by atoms with Crippen LogP contribution in [0.4, 0.5) is 0 Å². The molecule has 1 fully saturated rings. The van der Waals surface area contributed by atoms with Crippen LogP contribution in [-0.4, -0.2) is 55.0 Å². The van der Waals surface area contributed by atoms with Crippen LogP contribution in [0, 0.1) is 0 Å². The second-order valence-corrected chi connectivity index (χ2v) is 5.62. The van der Waals surface area contributed by atoms with E-state index in [0.29, 0.717) is 18.4 Å². The van der Waals surface area contributed by atoms with E-state index >= 15 is 0 Å². The number of piperidine rings is 1. The van der Waals surface area contributed by atoms with Crippen LogP contribution < -0.4 is 5.73 Å². The normalized spacial score (nSPS) is 16.0. The fourth-order valence-corrected chi connectivity index (χ4v) is 2.78. The fourth-order valence-electron chi connectivity index (χ4n) is 2.78. The molecule has 1 heterocycles. The monoisotopic (exact) mass is 341 g/mol. The van der Waals surface area contributed by atoms with E-state index < -0.39 is 0 Å². The van der Waals surface area contributed by atoms with E-state index in [4.69, 9.17) is 5.73 Å². The first-order valence-corrected chi connectivity index (χ1v) is 7.87. The summed E-state index contributed by atoms with van der Waals surface area (Å²) in [6.07, 6.45) is 7.34. The minimum atomic E-state index is 0. The Kier molecular flexibility index (Phi) is 15.1. The second-order valence-electron chi connectivity index (χ2n) is 5.62. The first kappa shape index (κ1) is 23.2. The Hall–Kier alpha value is -0.0300. The van der Waals surface area contributed by atoms with Gasteiger partial charge in [-0.1, -0.05) is 19.8 Å². The molecule has 0 aromatic carbocycles. The number of likely N-dealkylation sites (tertiary alicyclic amines) is 1. The summed E-state index contributed by atoms with van der Waals surface area (Å²) < 4.78 is 0. The first-order chi connectivity index (χ1) is 9.19. The van der Waals surface area contributed by atoms with Crippen molar-refractivity contribution in [1.29, 1.82) is 0 Å². The molecule has 0 bridgehead atoms. The third kappa shape index (κ3) is 8.87. The molecule has 128 valence electrons. The van der Waals surface area contributed by atoms with Crippen LogP contribution in [0.1, 0.15) is 51.9 Å². The highest BCUT2D eigenvalue weighted by Gasteiger charge is 2.24. The number of unbranched alkanes of at least 4 members (excludes halogenated alkanes) is 3. The van der Waals surface area contributed by atoms with Gasteiger partial charge in [-0.2, -0.15) is 0 Å². The fraction of sp³-hybridized carbons (Fsp3) is 0.933. The Morgan fingerprint density at radius 1 is 1.14 bits per heavy atom. The van der Waals surface area contributed by atoms with Crippen molar-refractivity contribution in [3.05, 3.63) is 0 Å². The zero-order valence-electron chi connectivity index (χ0n) is 13.6. The maximum atomic E-state index is 12.1. The quantitative estimate of drug-likeness (QED) is 0.690. The summed E-state index contributed by atoms with van der Waals surface area (Å²) in [5, 5.41) is 0. The van der Waals surface area contributed by atoms with Gasteiger partial charge in [0.2, 0.25) is 5.91 Å². The molecule has 0 atom stereocenters. The Bertz CT molecular complexity index is 259. The number of rotatable bonds is 8. The minimum absolute atomic E-state index is 0. The molecule has 1 aliphatic heterocycles. The summed E-state index contributed by atoms with van der Waals surface area (Å²) >= 11 is 0. The molecule has 0 aromatic rings. The topological polar surface area (TPSA) is 49.6 Å². The predicted octanol–water partition coefficient (Wildman–Crippen LogP) is 2.68. The maximum Gasteiger partial charge on any atom is 0.222 e. The van der Waals surface area contributed by atoms with Gasteiger partial charge < -0.3 is 15.5 Å². The van der Waals surface area contributed by atoms with Crippen molar-refractivity contribution in [3.8, 4) is 0 Å². The van der Waals surface area contributed by atoms with Gasteiger partial charge in [-0.15, -0.1) is 24.8 Å². The summed E-state index contributed by atoms with van der Waals surface area (Å²) in [6.45, 7) is 6.37. The lowest BCUT2D eigenvalue weighted by Crippen LogP contribution is -2.45. The van der Waals surface area contributed by atoms with Gasteiger partial charge in [0.25, 0.3) is 0 Å². The predicted molar refractivity (Wildman–Crippen MR) is 94.5 cm³/mol. The number of hydrogen-bond donors (Lipinski definition) is 1. The van der Waals surface area contributed by atoms with Gasteiger partial charge in [-0.25, -0.2) is 0 Å². The average molecular weight is 342 g/mol. The summed E-state index contributed by atoms with van der Waals surface area (Å²) in [7, 11) is 1.98. The molecule has 0 unspecified atom stereocenters. The van der Waals surface area contributed by atoms with Crippen LogP contribution in [-0.2, 0) is 4.79 Å². The lowest BCUT2D eigenvalue weighted by Gasteiger charge is -2.36. The van der Waals surface area contributed by atoms with E-state index in [1.165, 1.54) is 0 Å². The molecule has 0 aromatic heterocycles. The highest BCUT2D eigenvalue weighted by atomic mass is 35.5. The second kappa shape index (κ2) is 13.6. The van der Waals surface area contributed by atoms with E-state index in [1.807, 2.05) is 11.9 Å². The van der Waals surface area contributed by atoms with E-state index in [9.17, 15) is 4.79 Å². The highest BCUT2D eigenvalue weighted by molar-refractivity contribution is 5.85. The van der Waals surface area contributed by atoms with Crippen molar-refractivity contribution in [2.24, 2.45) is 5.73 Å². The zero-order chi connectivity index (χ0) is 14.1. The SMILES string of the molecule is CCN1CCC(N(C)C(=O)CCCCCCN)CC1.Cl.Cl. The molecule has 21 heavy (non-hydrogen) atoms. The molecule has 6 heteroatoms. The average Bonchev–Trinajstić information content (AvgIpc) is 2.46. The van der Waals surface area contributed by atoms with Gasteiger partial charge >= 0.3 is 0 Å². The van der Waals surface area contributed by atoms with E-state index in [2.05, 4.69) is 11.8 Å². The third-order valence-corrected chi connectivity index (χ3v) is 4.29. The number of nitrogens with two attached hydrogens (primary N) is 1. The molecule has 1 amide bonds. The van der Waals surface area contributed by atoms with Crippen LogP contribution in [0.25, 0.3) is 0 Å². The van der Waals surface area contributed by atoms with Crippen LogP contribution in [0.15, 0.2) is 0 Å². The maximum absolute atomic E-state index is 12.1. The molecule has 0 saturated carbocycles. The van der Waals surface area contributed by atoms with Gasteiger partial charge in [0.15, 0.2) is 0 Å². The zero-order valence-corrected chi connectivity index (χ0v) is 15.2. The molecule has 2 N–H and O–H groups in total. The van der Waals surface area contributed by atoms with E-state index in [-0.39, 0.29) is 24.8 Å². The largest absolute Gasteiger partial charge is 0.343 e. The van der Waals surface area contributed by atoms with Crippen LogP contribution in [0.5, 0.6) is 0 Å². The summed E-state index contributed by atoms with van der Waals surface area (Å²) in [4.78, 5) is 16.6. The summed E-state index contributed by atoms with van der Waals surface area (Å²) in [5.74, 6) is 0.322. The van der Waals surface area contributed by atoms with Crippen molar-refractivity contribution in [1.82, 2.24) is 9.80 Å². The van der Waals surface area contributed by atoms with Crippen LogP contribution >= 0.6 is 24.8 Å². The molecule has 0 aliphatic carbocycles. The molecule has 0 spiro atoms. The molecule has 1 rings (SSSR count). The Balaban J connectivity index is 0. The van der Waals surface area contributed by atoms with Gasteiger partial charge in [0.05, 0.1) is 0 Å². The first-order valence-electron chi connectivity index (χ1n) is 7.87. The lowest BCUT2D eigenvalue weighted by molar-refractivity contribution is -0.133. The minimum Gasteiger partial charge on any atom is -0.343 e. The molecular weight excluding hydrogens is 309 g/mol. The Labute approximate surface area is 142 Å². The number of carbonyl (C=O) groups is 1. The van der Waals surface area contributed by atoms with Crippen LogP contribution in [0.3, 0.4) is 0 Å². The molecular formula is C15H33Cl2N3O. The van der Waals surface area contributed by atoms with Gasteiger partial charge in [-0.05, 0) is 38.8 Å². The van der Waals surface area contributed by atoms with Gasteiger partial charge in [0.1, 0.15) is 0 Å². The smallest absolute Gasteiger partial charge is 0.222 e. The Morgan fingerprint density at radius 2 is 1.71 bits per heavy atom. The highest BCUT2D eigenvalue weighted by Crippen LogP contribution is 2.16. The number of halogens is 2. The number of nitrogens with zero attached hydrogens (tertiary/aromatic N) is 2. The summed E-state index contributed by atoms with van der Waals surface area (Å²) in [6, 6.07) is 0.458. The number of hydrogen-bond acceptors (Lipinski definition) is 3. The Morgan fingerprint density at radius 3 is 2.24 bits per heavy atom. The van der Waals surface area contributed by atoms with Crippen LogP contribution in [0.2, 0.25) is 0 Å². The van der Waals surface area contributed by atoms with Crippen molar-refractivity contribution < 1.29 is 4.79 Å². The van der Waals surface area contributed by atoms with E-state index in [0.717, 1.165) is 64.7 Å². The van der Waals surface area contributed by atoms with Crippen molar-refractivity contribution in [2.75, 3.05) is 33.2 Å². The van der Waals surface area contributed by atoms with Crippen molar-refractivity contribution in [3.63, 3.8) is 0 Å². The van der Waals surface area contributed by atoms with Gasteiger partial charge in [-0.3, -0.25) is 4.79 Å². The van der Waals surface area contributed by atoms with Crippen molar-refractivity contribution in [2.45, 2.75) is 57.9 Å². The number of carbonyl (C=O) groups excluding carboxylic acids is 1. The van der Waals surface area contributed by atoms with Crippen molar-refractivity contribution >= 4 is 30.7 Å². The molecule has 1 saturated heterocycles. The lowest BCUT2D eigenvalue weighted by atomic mass is 10.0. The molecule has 4 nitrogen and oxygen atoms in total. The van der Waals surface area contributed by atoms with E-state index in [1.54, 1.807) is 0 Å². The van der Waals surface area contributed by atoms with Gasteiger partial charge in [0, 0.05) is 32.6 Å². The third-order valence-electron chi connectivity index (χ3n) is 4.29. The summed E-state index contributed by atoms with van der Waals surface area (Å²) in [5.41, 5.74) is 5.46.